The van der Waals surface area contributed by atoms with Gasteiger partial charge in [-0.3, -0.25) is 0 Å². The van der Waals surface area contributed by atoms with Crippen LogP contribution in [0, 0.1) is 5.82 Å². The molecular weight excluding hydrogens is 306 g/mol. The number of halogens is 5. The molecule has 0 aliphatic heterocycles. The monoisotopic (exact) mass is 317 g/mol. The molecular formula is C15H12ClF4N. The smallest absolute Gasteiger partial charge is 0.308 e. The van der Waals surface area contributed by atoms with Crippen LogP contribution in [0.25, 0.3) is 0 Å². The normalized spacial score (nSPS) is 11.7. The summed E-state index contributed by atoms with van der Waals surface area (Å²) in [5.74, 6) is -0.414. The van der Waals surface area contributed by atoms with Crippen LogP contribution in [0.3, 0.4) is 0 Å². The van der Waals surface area contributed by atoms with E-state index >= 15 is 0 Å². The van der Waals surface area contributed by atoms with E-state index in [1.165, 1.54) is 24.3 Å². The van der Waals surface area contributed by atoms with E-state index in [1.807, 2.05) is 0 Å². The second-order valence-electron chi connectivity index (χ2n) is 4.50. The highest BCUT2D eigenvalue weighted by molar-refractivity contribution is 6.31. The Morgan fingerprint density at radius 2 is 1.62 bits per heavy atom. The SMILES string of the molecule is Fc1cccc(Cl)c1CNCc1ccc(C(F)(F)F)cc1. The van der Waals surface area contributed by atoms with Gasteiger partial charge >= 0.3 is 6.18 Å². The predicted molar refractivity (Wildman–Crippen MR) is 73.4 cm³/mol. The lowest BCUT2D eigenvalue weighted by Gasteiger charge is -2.10. The first-order chi connectivity index (χ1) is 9.88. The highest BCUT2D eigenvalue weighted by atomic mass is 35.5. The lowest BCUT2D eigenvalue weighted by atomic mass is 10.1. The lowest BCUT2D eigenvalue weighted by molar-refractivity contribution is -0.137. The van der Waals surface area contributed by atoms with Gasteiger partial charge in [-0.2, -0.15) is 13.2 Å². The van der Waals surface area contributed by atoms with Crippen LogP contribution >= 0.6 is 11.6 Å². The molecule has 2 rings (SSSR count). The molecule has 1 nitrogen and oxygen atoms in total. The number of hydrogen-bond acceptors (Lipinski definition) is 1. The maximum atomic E-state index is 13.5. The minimum atomic E-state index is -4.34. The zero-order valence-electron chi connectivity index (χ0n) is 10.8. The van der Waals surface area contributed by atoms with Crippen molar-refractivity contribution in [3.05, 3.63) is 70.0 Å². The van der Waals surface area contributed by atoms with Crippen LogP contribution in [0.15, 0.2) is 42.5 Å². The first-order valence-electron chi connectivity index (χ1n) is 6.17. The van der Waals surface area contributed by atoms with Gasteiger partial charge in [0.05, 0.1) is 5.56 Å². The molecule has 112 valence electrons. The minimum Gasteiger partial charge on any atom is -0.308 e. The van der Waals surface area contributed by atoms with E-state index in [4.69, 9.17) is 11.6 Å². The maximum Gasteiger partial charge on any atom is 0.416 e. The summed E-state index contributed by atoms with van der Waals surface area (Å²) >= 11 is 5.88. The van der Waals surface area contributed by atoms with Gasteiger partial charge in [0.2, 0.25) is 0 Å². The van der Waals surface area contributed by atoms with Gasteiger partial charge in [-0.1, -0.05) is 29.8 Å². The molecule has 0 unspecified atom stereocenters. The van der Waals surface area contributed by atoms with Crippen LogP contribution in [0.2, 0.25) is 5.02 Å². The third-order valence-electron chi connectivity index (χ3n) is 2.97. The van der Waals surface area contributed by atoms with Crippen molar-refractivity contribution >= 4 is 11.6 Å². The summed E-state index contributed by atoms with van der Waals surface area (Å²) in [5.41, 5.74) is 0.324. The molecule has 2 aromatic carbocycles. The van der Waals surface area contributed by atoms with Crippen molar-refractivity contribution in [2.24, 2.45) is 0 Å². The third kappa shape index (κ3) is 4.19. The molecule has 0 bridgehead atoms. The Balaban J connectivity index is 1.95. The van der Waals surface area contributed by atoms with Crippen LogP contribution in [0.4, 0.5) is 17.6 Å². The van der Waals surface area contributed by atoms with Crippen LogP contribution in [-0.2, 0) is 19.3 Å². The molecule has 0 aliphatic rings. The van der Waals surface area contributed by atoms with Crippen molar-refractivity contribution in [3.8, 4) is 0 Å². The first-order valence-corrected chi connectivity index (χ1v) is 6.55. The predicted octanol–water partition coefficient (Wildman–Crippen LogP) is 4.79. The van der Waals surface area contributed by atoms with Crippen LogP contribution < -0.4 is 5.32 Å². The first kappa shape index (κ1) is 15.8. The van der Waals surface area contributed by atoms with E-state index in [2.05, 4.69) is 5.32 Å². The van der Waals surface area contributed by atoms with E-state index < -0.39 is 17.6 Å². The van der Waals surface area contributed by atoms with E-state index in [9.17, 15) is 17.6 Å². The Morgan fingerprint density at radius 1 is 0.952 bits per heavy atom. The number of hydrogen-bond donors (Lipinski definition) is 1. The molecule has 0 atom stereocenters. The highest BCUT2D eigenvalue weighted by Crippen LogP contribution is 2.29. The molecule has 0 aliphatic carbocycles. The quantitative estimate of drug-likeness (QED) is 0.800. The van der Waals surface area contributed by atoms with Gasteiger partial charge in [0.25, 0.3) is 0 Å². The van der Waals surface area contributed by atoms with Crippen molar-refractivity contribution in [2.45, 2.75) is 19.3 Å². The number of nitrogens with one attached hydrogen (secondary N) is 1. The summed E-state index contributed by atoms with van der Waals surface area (Å²) in [6.07, 6.45) is -4.34. The Labute approximate surface area is 124 Å². The van der Waals surface area contributed by atoms with Gasteiger partial charge in [-0.25, -0.2) is 4.39 Å². The Kier molecular flexibility index (Phi) is 4.85. The van der Waals surface area contributed by atoms with Crippen molar-refractivity contribution in [3.63, 3.8) is 0 Å². The largest absolute Gasteiger partial charge is 0.416 e. The van der Waals surface area contributed by atoms with Gasteiger partial charge in [0.1, 0.15) is 5.82 Å². The van der Waals surface area contributed by atoms with Crippen molar-refractivity contribution in [2.75, 3.05) is 0 Å². The zero-order valence-corrected chi connectivity index (χ0v) is 11.6. The van der Waals surface area contributed by atoms with E-state index in [1.54, 1.807) is 6.07 Å². The summed E-state index contributed by atoms with van der Waals surface area (Å²) in [4.78, 5) is 0. The van der Waals surface area contributed by atoms with Crippen molar-refractivity contribution in [1.29, 1.82) is 0 Å². The van der Waals surface area contributed by atoms with Gasteiger partial charge in [0, 0.05) is 23.7 Å². The minimum absolute atomic E-state index is 0.201. The van der Waals surface area contributed by atoms with Gasteiger partial charge in [0.15, 0.2) is 0 Å². The Morgan fingerprint density at radius 3 is 2.19 bits per heavy atom. The lowest BCUT2D eigenvalue weighted by Crippen LogP contribution is -2.14. The molecule has 1 N–H and O–H groups in total. The zero-order chi connectivity index (χ0) is 15.5. The fourth-order valence-electron chi connectivity index (χ4n) is 1.84. The highest BCUT2D eigenvalue weighted by Gasteiger charge is 2.29. The van der Waals surface area contributed by atoms with Crippen LogP contribution in [0.1, 0.15) is 16.7 Å². The molecule has 0 heterocycles. The molecule has 0 amide bonds. The van der Waals surface area contributed by atoms with Crippen LogP contribution in [0.5, 0.6) is 0 Å². The average molecular weight is 318 g/mol. The molecule has 0 aromatic heterocycles. The average Bonchev–Trinajstić information content (AvgIpc) is 2.42. The molecule has 2 aromatic rings. The fraction of sp³-hybridized carbons (Fsp3) is 0.200. The summed E-state index contributed by atoms with van der Waals surface area (Å²) in [7, 11) is 0. The van der Waals surface area contributed by atoms with Crippen molar-refractivity contribution < 1.29 is 17.6 Å². The molecule has 6 heteroatoms. The number of alkyl halides is 3. The summed E-state index contributed by atoms with van der Waals surface area (Å²) < 4.78 is 50.7. The second kappa shape index (κ2) is 6.45. The van der Waals surface area contributed by atoms with Gasteiger partial charge in [-0.05, 0) is 29.8 Å². The van der Waals surface area contributed by atoms with E-state index in [-0.39, 0.29) is 6.54 Å². The molecule has 0 saturated carbocycles. The number of rotatable bonds is 4. The fourth-order valence-corrected chi connectivity index (χ4v) is 2.07. The topological polar surface area (TPSA) is 12.0 Å². The second-order valence-corrected chi connectivity index (χ2v) is 4.91. The molecule has 0 radical (unpaired) electrons. The van der Waals surface area contributed by atoms with E-state index in [0.717, 1.165) is 12.1 Å². The van der Waals surface area contributed by atoms with E-state index in [0.29, 0.717) is 22.7 Å². The van der Waals surface area contributed by atoms with Gasteiger partial charge in [-0.15, -0.1) is 0 Å². The molecule has 0 fully saturated rings. The summed E-state index contributed by atoms with van der Waals surface area (Å²) in [5, 5.41) is 3.27. The molecule has 21 heavy (non-hydrogen) atoms. The summed E-state index contributed by atoms with van der Waals surface area (Å²) in [6.45, 7) is 0.523. The Hall–Kier alpha value is -1.59. The van der Waals surface area contributed by atoms with Gasteiger partial charge < -0.3 is 5.32 Å². The standard InChI is InChI=1S/C15H12ClF4N/c16-13-2-1-3-14(17)12(13)9-21-8-10-4-6-11(7-5-10)15(18,19)20/h1-7,21H,8-9H2. The number of benzene rings is 2. The summed E-state index contributed by atoms with van der Waals surface area (Å²) in [6, 6.07) is 9.22. The van der Waals surface area contributed by atoms with Crippen LogP contribution in [-0.4, -0.2) is 0 Å². The van der Waals surface area contributed by atoms with Crippen molar-refractivity contribution in [1.82, 2.24) is 5.32 Å². The third-order valence-corrected chi connectivity index (χ3v) is 3.33. The molecule has 0 saturated heterocycles. The Bertz CT molecular complexity index is 588. The maximum absolute atomic E-state index is 13.5. The molecule has 0 spiro atoms.